The average Bonchev–Trinajstić information content (AvgIpc) is 3.27. The molecule has 0 radical (unpaired) electrons. The highest BCUT2D eigenvalue weighted by molar-refractivity contribution is 7.92. The van der Waals surface area contributed by atoms with E-state index < -0.39 is 26.4 Å². The van der Waals surface area contributed by atoms with Crippen molar-refractivity contribution in [2.75, 3.05) is 13.7 Å². The molecule has 2 aromatic carbocycles. The number of methoxy groups -OCH3 is 1. The first-order valence-electron chi connectivity index (χ1n) is 8.10. The molecule has 0 aliphatic heterocycles. The van der Waals surface area contributed by atoms with Gasteiger partial charge >= 0.3 is 0 Å². The third-order valence-electron chi connectivity index (χ3n) is 5.01. The van der Waals surface area contributed by atoms with Gasteiger partial charge in [-0.2, -0.15) is 0 Å². The summed E-state index contributed by atoms with van der Waals surface area (Å²) in [5, 5.41) is -0.847. The lowest BCUT2D eigenvalue weighted by Crippen LogP contribution is -2.33. The zero-order valence-electron chi connectivity index (χ0n) is 14.5. The summed E-state index contributed by atoms with van der Waals surface area (Å²) in [6.07, 6.45) is 0. The van der Waals surface area contributed by atoms with E-state index in [0.717, 1.165) is 5.56 Å². The van der Waals surface area contributed by atoms with Crippen molar-refractivity contribution < 1.29 is 17.5 Å². The number of halogens is 1. The Labute approximate surface area is 158 Å². The summed E-state index contributed by atoms with van der Waals surface area (Å²) in [5.41, 5.74) is 6.61. The van der Waals surface area contributed by atoms with E-state index in [4.69, 9.17) is 22.7 Å². The maximum Gasteiger partial charge on any atom is 0.182 e. The third kappa shape index (κ3) is 2.94. The molecule has 26 heavy (non-hydrogen) atoms. The van der Waals surface area contributed by atoms with Crippen molar-refractivity contribution in [1.82, 2.24) is 0 Å². The number of hydrogen-bond acceptors (Lipinski definition) is 4. The van der Waals surface area contributed by atoms with Crippen LogP contribution in [0.15, 0.2) is 53.4 Å². The fraction of sp³-hybridized carbons (Fsp3) is 0.316. The molecule has 1 fully saturated rings. The number of hydrogen-bond donors (Lipinski definition) is 1. The van der Waals surface area contributed by atoms with Gasteiger partial charge in [0.25, 0.3) is 0 Å². The summed E-state index contributed by atoms with van der Waals surface area (Å²) in [6, 6.07) is 12.4. The Bertz CT molecular complexity index is 926. The van der Waals surface area contributed by atoms with Gasteiger partial charge in [0, 0.05) is 13.0 Å². The molecule has 138 valence electrons. The minimum Gasteiger partial charge on any atom is -0.393 e. The highest BCUT2D eigenvalue weighted by Crippen LogP contribution is 2.64. The highest BCUT2D eigenvalue weighted by Gasteiger charge is 2.73. The average molecular weight is 394 g/mol. The van der Waals surface area contributed by atoms with E-state index in [9.17, 15) is 12.8 Å². The van der Waals surface area contributed by atoms with Gasteiger partial charge in [-0.05, 0) is 36.8 Å². The maximum atomic E-state index is 13.3. The Morgan fingerprint density at radius 1 is 1.19 bits per heavy atom. The molecule has 2 aromatic rings. The van der Waals surface area contributed by atoms with Crippen molar-refractivity contribution in [2.24, 2.45) is 11.1 Å². The second-order valence-electron chi connectivity index (χ2n) is 6.65. The molecule has 0 unspecified atom stereocenters. The lowest BCUT2D eigenvalue weighted by molar-refractivity contribution is 0.166. The van der Waals surface area contributed by atoms with Crippen LogP contribution in [0.4, 0.5) is 4.39 Å². The van der Waals surface area contributed by atoms with Gasteiger partial charge in [0.15, 0.2) is 9.84 Å². The van der Waals surface area contributed by atoms with Crippen LogP contribution in [-0.2, 0) is 14.6 Å². The number of aryl methyl sites for hydroxylation is 1. The minimum absolute atomic E-state index is 0.0835. The molecule has 1 saturated carbocycles. The second-order valence-corrected chi connectivity index (χ2v) is 9.15. The van der Waals surface area contributed by atoms with E-state index in [1.54, 1.807) is 36.4 Å². The van der Waals surface area contributed by atoms with Gasteiger partial charge in [-0.25, -0.2) is 12.8 Å². The van der Waals surface area contributed by atoms with Crippen LogP contribution < -0.4 is 5.73 Å². The van der Waals surface area contributed by atoms with Crippen molar-refractivity contribution in [1.29, 1.82) is 0 Å². The summed E-state index contributed by atoms with van der Waals surface area (Å²) < 4.78 is 45.2. The molecular weight excluding hydrogens is 373 g/mol. The van der Waals surface area contributed by atoms with Gasteiger partial charge in [-0.1, -0.05) is 42.0 Å². The maximum absolute atomic E-state index is 13.3. The highest BCUT2D eigenvalue weighted by atomic mass is 32.2. The van der Waals surface area contributed by atoms with Crippen molar-refractivity contribution in [2.45, 2.75) is 23.0 Å². The van der Waals surface area contributed by atoms with Gasteiger partial charge in [0.05, 0.1) is 27.2 Å². The molecule has 0 heterocycles. The molecule has 1 aliphatic rings. The third-order valence-corrected chi connectivity index (χ3v) is 7.68. The van der Waals surface area contributed by atoms with Crippen LogP contribution in [0.25, 0.3) is 0 Å². The molecule has 3 atom stereocenters. The van der Waals surface area contributed by atoms with Crippen LogP contribution in [0.5, 0.6) is 0 Å². The van der Waals surface area contributed by atoms with E-state index in [0.29, 0.717) is 5.56 Å². The Morgan fingerprint density at radius 3 is 2.27 bits per heavy atom. The first kappa shape index (κ1) is 18.9. The standard InChI is InChI=1S/C19H20FNO3S2/c1-12-3-9-15(10-4-12)26(22,23)17-16(13-5-7-14(20)8-6-13)19(17,11-24-2)18(21)25/h3-10,16-17H,11H2,1-2H3,(H2,21,25)/t16-,17+,19-/m0/s1. The van der Waals surface area contributed by atoms with Crippen LogP contribution in [0.2, 0.25) is 0 Å². The van der Waals surface area contributed by atoms with Crippen molar-refractivity contribution >= 4 is 27.0 Å². The van der Waals surface area contributed by atoms with Crippen molar-refractivity contribution in [3.63, 3.8) is 0 Å². The Morgan fingerprint density at radius 2 is 1.77 bits per heavy atom. The lowest BCUT2D eigenvalue weighted by Gasteiger charge is -2.16. The Balaban J connectivity index is 2.11. The van der Waals surface area contributed by atoms with Crippen LogP contribution >= 0.6 is 12.2 Å². The van der Waals surface area contributed by atoms with Crippen molar-refractivity contribution in [3.8, 4) is 0 Å². The Kier molecular flexibility index (Phi) is 4.90. The van der Waals surface area contributed by atoms with Crippen LogP contribution in [0.3, 0.4) is 0 Å². The summed E-state index contributed by atoms with van der Waals surface area (Å²) in [5.74, 6) is -0.869. The first-order valence-corrected chi connectivity index (χ1v) is 10.1. The van der Waals surface area contributed by atoms with Gasteiger partial charge in [0.1, 0.15) is 5.82 Å². The molecule has 0 aromatic heterocycles. The molecule has 1 aliphatic carbocycles. The van der Waals surface area contributed by atoms with Gasteiger partial charge in [0.2, 0.25) is 0 Å². The number of sulfone groups is 1. The van der Waals surface area contributed by atoms with Gasteiger partial charge < -0.3 is 10.5 Å². The molecule has 2 N–H and O–H groups in total. The van der Waals surface area contributed by atoms with E-state index in [2.05, 4.69) is 0 Å². The normalized spacial score (nSPS) is 25.0. The lowest BCUT2D eigenvalue weighted by atomic mass is 10.00. The fourth-order valence-corrected chi connectivity index (χ4v) is 6.42. The van der Waals surface area contributed by atoms with Crippen LogP contribution in [-0.4, -0.2) is 32.4 Å². The van der Waals surface area contributed by atoms with Crippen LogP contribution in [0, 0.1) is 18.2 Å². The number of ether oxygens (including phenoxy) is 1. The topological polar surface area (TPSA) is 69.4 Å². The molecule has 0 saturated heterocycles. The predicted molar refractivity (Wildman–Crippen MR) is 102 cm³/mol. The summed E-state index contributed by atoms with van der Waals surface area (Å²) in [4.78, 5) is 0.309. The van der Waals surface area contributed by atoms with Crippen molar-refractivity contribution in [3.05, 3.63) is 65.5 Å². The number of rotatable bonds is 6. The van der Waals surface area contributed by atoms with E-state index in [1.807, 2.05) is 6.92 Å². The SMILES string of the molecule is COC[C@@]1(C(N)=S)[C@H](S(=O)(=O)c2ccc(C)cc2)[C@@H]1c1ccc(F)cc1. The number of thiocarbonyl (C=S) groups is 1. The summed E-state index contributed by atoms with van der Waals surface area (Å²) in [6.45, 7) is 1.97. The summed E-state index contributed by atoms with van der Waals surface area (Å²) in [7, 11) is -2.22. The molecule has 3 rings (SSSR count). The van der Waals surface area contributed by atoms with E-state index in [1.165, 1.54) is 19.2 Å². The Hall–Kier alpha value is -1.83. The van der Waals surface area contributed by atoms with E-state index >= 15 is 0 Å². The zero-order chi connectivity index (χ0) is 19.1. The monoisotopic (exact) mass is 393 g/mol. The quantitative estimate of drug-likeness (QED) is 0.764. The molecule has 0 amide bonds. The zero-order valence-corrected chi connectivity index (χ0v) is 16.1. The van der Waals surface area contributed by atoms with Gasteiger partial charge in [-0.3, -0.25) is 0 Å². The molecule has 4 nitrogen and oxygen atoms in total. The predicted octanol–water partition coefficient (Wildman–Crippen LogP) is 2.99. The smallest absolute Gasteiger partial charge is 0.182 e. The fourth-order valence-electron chi connectivity index (χ4n) is 3.65. The van der Waals surface area contributed by atoms with Gasteiger partial charge in [-0.15, -0.1) is 0 Å². The molecular formula is C19H20FNO3S2. The molecule has 0 bridgehead atoms. The first-order chi connectivity index (χ1) is 12.2. The molecule has 7 heteroatoms. The molecule has 0 spiro atoms. The van der Waals surface area contributed by atoms with Crippen LogP contribution in [0.1, 0.15) is 17.0 Å². The summed E-state index contributed by atoms with van der Waals surface area (Å²) >= 11 is 5.24. The number of nitrogens with two attached hydrogens (primary N) is 1. The van der Waals surface area contributed by atoms with E-state index in [-0.39, 0.29) is 22.3 Å². The second kappa shape index (κ2) is 6.72. The number of benzene rings is 2. The largest absolute Gasteiger partial charge is 0.393 e. The minimum atomic E-state index is -3.71.